The number of hydrogen-bond acceptors (Lipinski definition) is 3. The van der Waals surface area contributed by atoms with Crippen LogP contribution in [0.4, 0.5) is 13.2 Å². The highest BCUT2D eigenvalue weighted by molar-refractivity contribution is 5.86. The molecule has 0 saturated carbocycles. The van der Waals surface area contributed by atoms with Gasteiger partial charge in [-0.05, 0) is 55.5 Å². The van der Waals surface area contributed by atoms with Crippen LogP contribution in [0.1, 0.15) is 50.3 Å². The van der Waals surface area contributed by atoms with E-state index in [0.29, 0.717) is 25.0 Å². The monoisotopic (exact) mass is 362 g/mol. The Balaban J connectivity index is 1.98. The highest BCUT2D eigenvalue weighted by atomic mass is 19.4. The van der Waals surface area contributed by atoms with Crippen LogP contribution in [-0.2, 0) is 11.2 Å². The van der Waals surface area contributed by atoms with Gasteiger partial charge in [0.1, 0.15) is 17.5 Å². The summed E-state index contributed by atoms with van der Waals surface area (Å²) in [7, 11) is 0. The molecule has 1 aromatic heterocycles. The average molecular weight is 362 g/mol. The van der Waals surface area contributed by atoms with E-state index in [1.165, 1.54) is 6.92 Å². The molecule has 2 aromatic rings. The van der Waals surface area contributed by atoms with Crippen LogP contribution in [-0.4, -0.2) is 16.9 Å². The van der Waals surface area contributed by atoms with Crippen LogP contribution in [0, 0.1) is 17.2 Å². The lowest BCUT2D eigenvalue weighted by molar-refractivity contribution is -0.146. The Morgan fingerprint density at radius 1 is 1.27 bits per heavy atom. The number of ketones is 1. The predicted octanol–water partition coefficient (Wildman–Crippen LogP) is 5.37. The van der Waals surface area contributed by atoms with Crippen molar-refractivity contribution in [2.75, 3.05) is 0 Å². The van der Waals surface area contributed by atoms with Gasteiger partial charge in [0.05, 0.1) is 0 Å². The molecule has 0 radical (unpaired) electrons. The summed E-state index contributed by atoms with van der Waals surface area (Å²) < 4.78 is 38.1. The quantitative estimate of drug-likeness (QED) is 0.634. The van der Waals surface area contributed by atoms with Gasteiger partial charge in [-0.1, -0.05) is 18.2 Å². The number of halogens is 3. The first-order valence-corrected chi connectivity index (χ1v) is 8.62. The zero-order chi connectivity index (χ0) is 19.2. The normalized spacial score (nSPS) is 12.7. The van der Waals surface area contributed by atoms with E-state index in [4.69, 9.17) is 5.26 Å². The molecular weight excluding hydrogens is 341 g/mol. The molecule has 3 nitrogen and oxygen atoms in total. The molecule has 26 heavy (non-hydrogen) atoms. The summed E-state index contributed by atoms with van der Waals surface area (Å²) in [5.41, 5.74) is 1.38. The van der Waals surface area contributed by atoms with Crippen molar-refractivity contribution in [2.45, 2.75) is 51.6 Å². The van der Waals surface area contributed by atoms with Crippen LogP contribution in [0.2, 0.25) is 0 Å². The van der Waals surface area contributed by atoms with E-state index in [0.717, 1.165) is 16.3 Å². The van der Waals surface area contributed by atoms with Crippen molar-refractivity contribution in [3.05, 3.63) is 41.7 Å². The summed E-state index contributed by atoms with van der Waals surface area (Å²) in [5, 5.41) is 10.7. The number of aromatic nitrogens is 1. The first kappa shape index (κ1) is 19.9. The highest BCUT2D eigenvalue weighted by Crippen LogP contribution is 2.31. The molecule has 0 aliphatic heterocycles. The number of aryl methyl sites for hydroxylation is 1. The number of benzene rings is 1. The summed E-state index contributed by atoms with van der Waals surface area (Å²) in [6.45, 7) is 1.41. The van der Waals surface area contributed by atoms with Gasteiger partial charge >= 0.3 is 6.18 Å². The number of pyridine rings is 1. The van der Waals surface area contributed by atoms with Crippen molar-refractivity contribution in [3.8, 4) is 6.07 Å². The fraction of sp³-hybridized carbons (Fsp3) is 0.450. The molecule has 1 atom stereocenters. The lowest BCUT2D eigenvalue weighted by Gasteiger charge is -2.18. The standard InChI is InChI=1S/C20H21F3N2O/c1-14(26)5-6-16(12-20(21,22)23)4-2-3-15-7-8-18-17(11-15)9-10-25-19(18)13-24/h7-11,16H,2-6,12H2,1H3/t16-/m1/s1. The Kier molecular flexibility index (Phi) is 6.73. The van der Waals surface area contributed by atoms with Gasteiger partial charge in [-0.25, -0.2) is 4.98 Å². The maximum atomic E-state index is 12.7. The number of fused-ring (bicyclic) bond motifs is 1. The third kappa shape index (κ3) is 6.14. The first-order chi connectivity index (χ1) is 12.3. The molecular formula is C20H21F3N2O. The van der Waals surface area contributed by atoms with Crippen LogP contribution < -0.4 is 0 Å². The van der Waals surface area contributed by atoms with Gasteiger partial charge in [-0.2, -0.15) is 18.4 Å². The highest BCUT2D eigenvalue weighted by Gasteiger charge is 2.31. The number of carbonyl (C=O) groups is 1. The SMILES string of the molecule is CC(=O)CC[C@@H](CCCc1ccc2c(C#N)nccc2c1)CC(F)(F)F. The van der Waals surface area contributed by atoms with Gasteiger partial charge in [0, 0.05) is 24.4 Å². The summed E-state index contributed by atoms with van der Waals surface area (Å²) in [6, 6.07) is 9.54. The minimum atomic E-state index is -4.20. The molecule has 1 aromatic carbocycles. The minimum Gasteiger partial charge on any atom is -0.300 e. The Bertz CT molecular complexity index is 809. The number of hydrogen-bond donors (Lipinski definition) is 0. The van der Waals surface area contributed by atoms with Crippen LogP contribution in [0.15, 0.2) is 30.5 Å². The Hall–Kier alpha value is -2.42. The molecule has 0 aliphatic carbocycles. The number of alkyl halides is 3. The third-order valence-corrected chi connectivity index (χ3v) is 4.44. The Morgan fingerprint density at radius 2 is 2.04 bits per heavy atom. The zero-order valence-electron chi connectivity index (χ0n) is 14.6. The summed E-state index contributed by atoms with van der Waals surface area (Å²) in [4.78, 5) is 15.1. The van der Waals surface area contributed by atoms with Gasteiger partial charge in [0.25, 0.3) is 0 Å². The smallest absolute Gasteiger partial charge is 0.300 e. The molecule has 0 saturated heterocycles. The summed E-state index contributed by atoms with van der Waals surface area (Å²) in [6.07, 6.45) is -1.27. The summed E-state index contributed by atoms with van der Waals surface area (Å²) in [5.74, 6) is -0.595. The predicted molar refractivity (Wildman–Crippen MR) is 93.5 cm³/mol. The van der Waals surface area contributed by atoms with Gasteiger partial charge in [0.2, 0.25) is 0 Å². The molecule has 0 unspecified atom stereocenters. The van der Waals surface area contributed by atoms with Crippen molar-refractivity contribution in [2.24, 2.45) is 5.92 Å². The van der Waals surface area contributed by atoms with Crippen molar-refractivity contribution < 1.29 is 18.0 Å². The summed E-state index contributed by atoms with van der Waals surface area (Å²) >= 11 is 0. The van der Waals surface area contributed by atoms with E-state index < -0.39 is 18.5 Å². The first-order valence-electron chi connectivity index (χ1n) is 8.62. The minimum absolute atomic E-state index is 0.0754. The fourth-order valence-corrected chi connectivity index (χ4v) is 3.15. The second-order valence-electron chi connectivity index (χ2n) is 6.65. The van der Waals surface area contributed by atoms with Gasteiger partial charge in [0.15, 0.2) is 0 Å². The molecule has 2 rings (SSSR count). The number of carbonyl (C=O) groups excluding carboxylic acids is 1. The number of rotatable bonds is 8. The van der Waals surface area contributed by atoms with Crippen LogP contribution in [0.5, 0.6) is 0 Å². The van der Waals surface area contributed by atoms with E-state index in [9.17, 15) is 18.0 Å². The third-order valence-electron chi connectivity index (χ3n) is 4.44. The van der Waals surface area contributed by atoms with Crippen molar-refractivity contribution in [1.82, 2.24) is 4.98 Å². The van der Waals surface area contributed by atoms with Gasteiger partial charge in [-0.15, -0.1) is 0 Å². The maximum absolute atomic E-state index is 12.7. The Morgan fingerprint density at radius 3 is 2.69 bits per heavy atom. The van der Waals surface area contributed by atoms with Gasteiger partial charge < -0.3 is 4.79 Å². The number of nitriles is 1. The number of Topliss-reactive ketones (excluding diaryl/α,β-unsaturated/α-hetero) is 1. The van der Waals surface area contributed by atoms with Crippen LogP contribution in [0.25, 0.3) is 10.8 Å². The fourth-order valence-electron chi connectivity index (χ4n) is 3.15. The average Bonchev–Trinajstić information content (AvgIpc) is 2.57. The molecule has 0 fully saturated rings. The zero-order valence-corrected chi connectivity index (χ0v) is 14.6. The maximum Gasteiger partial charge on any atom is 0.389 e. The second-order valence-corrected chi connectivity index (χ2v) is 6.65. The molecule has 1 heterocycles. The molecule has 0 bridgehead atoms. The van der Waals surface area contributed by atoms with E-state index in [2.05, 4.69) is 4.98 Å². The molecule has 6 heteroatoms. The van der Waals surface area contributed by atoms with Crippen molar-refractivity contribution >= 4 is 16.6 Å². The lowest BCUT2D eigenvalue weighted by Crippen LogP contribution is -2.16. The molecule has 138 valence electrons. The largest absolute Gasteiger partial charge is 0.389 e. The molecule has 0 N–H and O–H groups in total. The van der Waals surface area contributed by atoms with Crippen LogP contribution in [0.3, 0.4) is 0 Å². The second kappa shape index (κ2) is 8.79. The van der Waals surface area contributed by atoms with E-state index >= 15 is 0 Å². The topological polar surface area (TPSA) is 53.8 Å². The van der Waals surface area contributed by atoms with Gasteiger partial charge in [-0.3, -0.25) is 0 Å². The Labute approximate surface area is 150 Å². The van der Waals surface area contributed by atoms with Crippen LogP contribution >= 0.6 is 0 Å². The lowest BCUT2D eigenvalue weighted by atomic mass is 9.91. The van der Waals surface area contributed by atoms with Crippen molar-refractivity contribution in [1.29, 1.82) is 5.26 Å². The molecule has 0 spiro atoms. The van der Waals surface area contributed by atoms with E-state index in [-0.39, 0.29) is 18.6 Å². The number of nitrogens with zero attached hydrogens (tertiary/aromatic N) is 2. The molecule has 0 amide bonds. The molecule has 0 aliphatic rings. The van der Waals surface area contributed by atoms with E-state index in [1.807, 2.05) is 30.3 Å². The van der Waals surface area contributed by atoms with E-state index in [1.54, 1.807) is 6.20 Å². The van der Waals surface area contributed by atoms with Crippen molar-refractivity contribution in [3.63, 3.8) is 0 Å².